The van der Waals surface area contributed by atoms with Crippen LogP contribution in [-0.2, 0) is 20.7 Å². The lowest BCUT2D eigenvalue weighted by Gasteiger charge is -2.28. The highest BCUT2D eigenvalue weighted by molar-refractivity contribution is 6.30. The summed E-state index contributed by atoms with van der Waals surface area (Å²) in [6.45, 7) is 3.39. The van der Waals surface area contributed by atoms with Crippen LogP contribution in [-0.4, -0.2) is 50.4 Å². The van der Waals surface area contributed by atoms with Gasteiger partial charge in [-0.25, -0.2) is 0 Å². The third-order valence-corrected chi connectivity index (χ3v) is 6.45. The number of carbonyl (C=O) groups is 2. The molecule has 2 amide bonds. The molecule has 2 aliphatic heterocycles. The maximum Gasteiger partial charge on any atom is 0.253 e. The second-order valence-corrected chi connectivity index (χ2v) is 8.82. The van der Waals surface area contributed by atoms with Gasteiger partial charge in [0.25, 0.3) is 5.91 Å². The van der Waals surface area contributed by atoms with E-state index < -0.39 is 0 Å². The van der Waals surface area contributed by atoms with Gasteiger partial charge in [0.1, 0.15) is 6.61 Å². The molecule has 0 radical (unpaired) electrons. The number of hydrogen-bond acceptors (Lipinski definition) is 4. The van der Waals surface area contributed by atoms with Crippen molar-refractivity contribution in [3.63, 3.8) is 0 Å². The summed E-state index contributed by atoms with van der Waals surface area (Å²) >= 11 is 6.12. The van der Waals surface area contributed by atoms with Crippen LogP contribution in [0.1, 0.15) is 36.5 Å². The van der Waals surface area contributed by atoms with Gasteiger partial charge < -0.3 is 15.0 Å². The lowest BCUT2D eigenvalue weighted by Crippen LogP contribution is -2.41. The van der Waals surface area contributed by atoms with Crippen LogP contribution in [0.25, 0.3) is 0 Å². The van der Waals surface area contributed by atoms with Crippen LogP contribution in [0.3, 0.4) is 0 Å². The van der Waals surface area contributed by atoms with E-state index in [1.54, 1.807) is 11.9 Å². The van der Waals surface area contributed by atoms with E-state index in [1.807, 2.05) is 30.3 Å². The Balaban J connectivity index is 1.74. The smallest absolute Gasteiger partial charge is 0.253 e. The first-order chi connectivity index (χ1) is 15.5. The zero-order chi connectivity index (χ0) is 22.7. The van der Waals surface area contributed by atoms with E-state index in [-0.39, 0.29) is 30.4 Å². The van der Waals surface area contributed by atoms with Crippen molar-refractivity contribution in [3.05, 3.63) is 64.2 Å². The molecule has 0 aliphatic carbocycles. The first-order valence-electron chi connectivity index (χ1n) is 11.0. The van der Waals surface area contributed by atoms with Crippen molar-refractivity contribution in [2.45, 2.75) is 32.2 Å². The van der Waals surface area contributed by atoms with Crippen molar-refractivity contribution in [2.24, 2.45) is 10.9 Å². The standard InChI is InChI=1S/C25H28ClN3O3/c1-16-13-18-14-20(29-11-12-32-15-24(29)31)7-8-21(18)25(17-3-5-19(26)6-4-17)28-22(16)9-10-23(30)27-2/h3-8,14,16,22H,9-13,15H2,1-2H3,(H,27,30). The first-order valence-corrected chi connectivity index (χ1v) is 11.4. The molecule has 4 rings (SSSR count). The van der Waals surface area contributed by atoms with Gasteiger partial charge in [-0.15, -0.1) is 0 Å². The number of anilines is 1. The summed E-state index contributed by atoms with van der Waals surface area (Å²) in [5, 5.41) is 3.37. The van der Waals surface area contributed by atoms with Gasteiger partial charge in [0.05, 0.1) is 18.4 Å². The van der Waals surface area contributed by atoms with Gasteiger partial charge in [0.2, 0.25) is 5.91 Å². The Morgan fingerprint density at radius 2 is 2.03 bits per heavy atom. The normalized spacial score (nSPS) is 20.9. The van der Waals surface area contributed by atoms with Crippen LogP contribution >= 0.6 is 11.6 Å². The van der Waals surface area contributed by atoms with Gasteiger partial charge in [0.15, 0.2) is 0 Å². The Morgan fingerprint density at radius 1 is 1.25 bits per heavy atom. The number of ether oxygens (including phenoxy) is 1. The number of hydrogen-bond donors (Lipinski definition) is 1. The third-order valence-electron chi connectivity index (χ3n) is 6.20. The summed E-state index contributed by atoms with van der Waals surface area (Å²) in [6, 6.07) is 13.9. The zero-order valence-electron chi connectivity index (χ0n) is 18.4. The molecule has 168 valence electrons. The number of nitrogens with zero attached hydrogens (tertiary/aromatic N) is 2. The van der Waals surface area contributed by atoms with Gasteiger partial charge >= 0.3 is 0 Å². The minimum absolute atomic E-state index is 0.0128. The predicted octanol–water partition coefficient (Wildman–Crippen LogP) is 3.63. The molecule has 2 heterocycles. The highest BCUT2D eigenvalue weighted by Gasteiger charge is 2.27. The van der Waals surface area contributed by atoms with E-state index >= 15 is 0 Å². The highest BCUT2D eigenvalue weighted by atomic mass is 35.5. The Kier molecular flexibility index (Phi) is 6.92. The molecule has 2 atom stereocenters. The fourth-order valence-electron chi connectivity index (χ4n) is 4.38. The molecule has 2 aliphatic rings. The molecule has 32 heavy (non-hydrogen) atoms. The second kappa shape index (κ2) is 9.84. The summed E-state index contributed by atoms with van der Waals surface area (Å²) in [5.41, 5.74) is 5.01. The van der Waals surface area contributed by atoms with Gasteiger partial charge in [-0.05, 0) is 48.6 Å². The number of halogens is 1. The summed E-state index contributed by atoms with van der Waals surface area (Å²) in [4.78, 5) is 31.2. The van der Waals surface area contributed by atoms with E-state index in [9.17, 15) is 9.59 Å². The van der Waals surface area contributed by atoms with Crippen LogP contribution in [0.4, 0.5) is 5.69 Å². The van der Waals surface area contributed by atoms with E-state index in [4.69, 9.17) is 21.3 Å². The van der Waals surface area contributed by atoms with Gasteiger partial charge in [-0.2, -0.15) is 0 Å². The Morgan fingerprint density at radius 3 is 2.75 bits per heavy atom. The molecule has 0 spiro atoms. The van der Waals surface area contributed by atoms with E-state index in [2.05, 4.69) is 24.4 Å². The van der Waals surface area contributed by atoms with Crippen molar-refractivity contribution in [3.8, 4) is 0 Å². The molecule has 1 fully saturated rings. The number of nitrogens with one attached hydrogen (secondary N) is 1. The van der Waals surface area contributed by atoms with E-state index in [1.165, 1.54) is 0 Å². The molecule has 0 aromatic heterocycles. The number of aliphatic imine (C=N–C) groups is 1. The lowest BCUT2D eigenvalue weighted by atomic mass is 9.89. The maximum atomic E-state index is 12.4. The van der Waals surface area contributed by atoms with E-state index in [0.29, 0.717) is 31.0 Å². The average Bonchev–Trinajstić information content (AvgIpc) is 2.93. The first kappa shape index (κ1) is 22.5. The van der Waals surface area contributed by atoms with Crippen molar-refractivity contribution in [2.75, 3.05) is 31.7 Å². The van der Waals surface area contributed by atoms with Gasteiger partial charge in [-0.3, -0.25) is 14.6 Å². The van der Waals surface area contributed by atoms with Crippen molar-refractivity contribution in [1.82, 2.24) is 5.32 Å². The summed E-state index contributed by atoms with van der Waals surface area (Å²) in [7, 11) is 1.66. The van der Waals surface area contributed by atoms with Gasteiger partial charge in [0, 0.05) is 41.9 Å². The maximum absolute atomic E-state index is 12.4. The molecule has 2 aromatic rings. The zero-order valence-corrected chi connectivity index (χ0v) is 19.2. The van der Waals surface area contributed by atoms with Crippen LogP contribution < -0.4 is 10.2 Å². The van der Waals surface area contributed by atoms with Crippen LogP contribution in [0.2, 0.25) is 5.02 Å². The number of amides is 2. The molecule has 1 N–H and O–H groups in total. The lowest BCUT2D eigenvalue weighted by molar-refractivity contribution is -0.125. The summed E-state index contributed by atoms with van der Waals surface area (Å²) < 4.78 is 5.28. The molecular formula is C25H28ClN3O3. The highest BCUT2D eigenvalue weighted by Crippen LogP contribution is 2.31. The Labute approximate surface area is 193 Å². The average molecular weight is 454 g/mol. The van der Waals surface area contributed by atoms with Crippen LogP contribution in [0.5, 0.6) is 0 Å². The third kappa shape index (κ3) is 4.87. The number of morpholine rings is 1. The second-order valence-electron chi connectivity index (χ2n) is 8.38. The topological polar surface area (TPSA) is 71.0 Å². The molecular weight excluding hydrogens is 426 g/mol. The molecule has 1 saturated heterocycles. The minimum atomic E-state index is -0.0204. The SMILES string of the molecule is CNC(=O)CCC1N=C(c2ccc(Cl)cc2)c2ccc(N3CCOCC3=O)cc2CC1C. The quantitative estimate of drug-likeness (QED) is 0.751. The van der Waals surface area contributed by atoms with Crippen molar-refractivity contribution < 1.29 is 14.3 Å². The number of fused-ring (bicyclic) bond motifs is 1. The van der Waals surface area contributed by atoms with Crippen LogP contribution in [0, 0.1) is 5.92 Å². The molecule has 7 heteroatoms. The van der Waals surface area contributed by atoms with Gasteiger partial charge in [-0.1, -0.05) is 36.7 Å². The number of rotatable bonds is 5. The summed E-state index contributed by atoms with van der Waals surface area (Å²) in [5.74, 6) is 0.252. The van der Waals surface area contributed by atoms with Crippen LogP contribution in [0.15, 0.2) is 47.5 Å². The van der Waals surface area contributed by atoms with Crippen molar-refractivity contribution in [1.29, 1.82) is 0 Å². The number of carbonyl (C=O) groups excluding carboxylic acids is 2. The molecule has 2 aromatic carbocycles. The molecule has 6 nitrogen and oxygen atoms in total. The Bertz CT molecular complexity index is 1040. The largest absolute Gasteiger partial charge is 0.370 e. The molecule has 0 bridgehead atoms. The predicted molar refractivity (Wildman–Crippen MR) is 127 cm³/mol. The monoisotopic (exact) mass is 453 g/mol. The van der Waals surface area contributed by atoms with Crippen molar-refractivity contribution >= 4 is 34.8 Å². The minimum Gasteiger partial charge on any atom is -0.370 e. The summed E-state index contributed by atoms with van der Waals surface area (Å²) in [6.07, 6.45) is 1.94. The fraction of sp³-hybridized carbons (Fsp3) is 0.400. The molecule has 0 saturated carbocycles. The fourth-order valence-corrected chi connectivity index (χ4v) is 4.50. The molecule has 2 unspecified atom stereocenters. The Hall–Kier alpha value is -2.70. The number of benzene rings is 2. The van der Waals surface area contributed by atoms with E-state index in [0.717, 1.165) is 34.5 Å².